The van der Waals surface area contributed by atoms with Crippen LogP contribution in [0.2, 0.25) is 0 Å². The Labute approximate surface area is 401 Å². The number of hydrogen-bond acceptors (Lipinski definition) is 12. The third kappa shape index (κ3) is 37.7. The van der Waals surface area contributed by atoms with Gasteiger partial charge in [-0.3, -0.25) is 38.8 Å². The van der Waals surface area contributed by atoms with Crippen molar-refractivity contribution in [2.45, 2.75) is 140 Å². The van der Waals surface area contributed by atoms with E-state index in [1.807, 2.05) is 6.92 Å². The summed E-state index contributed by atoms with van der Waals surface area (Å²) in [5, 5.41) is 0. The predicted octanol–water partition coefficient (Wildman–Crippen LogP) is 9.34. The number of carbonyl (C=O) groups excluding carboxylic acids is 6. The average Bonchev–Trinajstić information content (AvgIpc) is 4.18. The summed E-state index contributed by atoms with van der Waals surface area (Å²) in [5.74, 6) is -1.67. The van der Waals surface area contributed by atoms with Crippen molar-refractivity contribution in [3.05, 3.63) is 60.8 Å². The number of primary amides is 1. The van der Waals surface area contributed by atoms with Crippen LogP contribution in [0.25, 0.3) is 0 Å². The van der Waals surface area contributed by atoms with E-state index in [2.05, 4.69) is 101 Å². The molecule has 0 saturated carbocycles. The Bertz CT molecular complexity index is 1280. The van der Waals surface area contributed by atoms with E-state index in [4.69, 9.17) is 4.74 Å². The van der Waals surface area contributed by atoms with Gasteiger partial charge in [-0.2, -0.15) is 4.90 Å². The highest BCUT2D eigenvalue weighted by Gasteiger charge is 2.30. The molecule has 0 radical (unpaired) electrons. The van der Waals surface area contributed by atoms with Gasteiger partial charge >= 0.3 is 12.2 Å². The molecule has 0 unspecified atom stereocenters. The molecule has 2 N–H and O–H groups in total. The number of hydrogen-bond donors (Lipinski definition) is 1. The van der Waals surface area contributed by atoms with E-state index in [0.717, 1.165) is 58.2 Å². The van der Waals surface area contributed by atoms with E-state index in [9.17, 15) is 28.8 Å². The molecule has 0 fully saturated rings. The normalized spacial score (nSPS) is 15.3. The molecule has 5 heterocycles. The smallest absolute Gasteiger partial charge is 0.423 e. The fraction of sp³-hybridized carbons (Fsp3) is 0.686. The maximum atomic E-state index is 11.0. The third-order valence-electron chi connectivity index (χ3n) is 9.72. The number of carbonyl (C=O) groups is 6. The van der Waals surface area contributed by atoms with Crippen LogP contribution < -0.4 is 5.73 Å². The van der Waals surface area contributed by atoms with Crippen LogP contribution in [0, 0.1) is 0 Å². The highest BCUT2D eigenvalue weighted by molar-refractivity contribution is 6.21. The molecule has 5 rings (SSSR count). The van der Waals surface area contributed by atoms with Crippen LogP contribution in [0.5, 0.6) is 0 Å². The zero-order chi connectivity index (χ0) is 48.2. The Morgan fingerprint density at radius 3 is 1.03 bits per heavy atom. The van der Waals surface area contributed by atoms with Crippen LogP contribution in [0.4, 0.5) is 9.59 Å². The first-order chi connectivity index (χ1) is 30.9. The predicted molar refractivity (Wildman–Crippen MR) is 271 cm³/mol. The summed E-state index contributed by atoms with van der Waals surface area (Å²) in [7, 11) is 2.32. The molecule has 0 aliphatic carbocycles. The van der Waals surface area contributed by atoms with Crippen molar-refractivity contribution in [2.75, 3.05) is 92.9 Å². The number of imide groups is 4. The molecular weight excluding hydrogens is 841 g/mol. The molecule has 66 heavy (non-hydrogen) atoms. The minimum atomic E-state index is -0.954. The maximum absolute atomic E-state index is 11.0. The lowest BCUT2D eigenvalue weighted by Gasteiger charge is -2.13. The Hall–Kier alpha value is -4.44. The molecule has 0 atom stereocenters. The molecule has 6 amide bonds. The first kappa shape index (κ1) is 68.1. The number of nitrogens with zero attached hydrogens (tertiary/aromatic N) is 5. The van der Waals surface area contributed by atoms with Gasteiger partial charge in [-0.25, -0.2) is 9.59 Å². The van der Waals surface area contributed by atoms with E-state index >= 15 is 0 Å². The Kier molecular flexibility index (Phi) is 50.1. The molecule has 0 aromatic carbocycles. The van der Waals surface area contributed by atoms with E-state index < -0.39 is 24.0 Å². The van der Waals surface area contributed by atoms with Gasteiger partial charge in [0.15, 0.2) is 0 Å². The molecular formula is C51H94N6O9. The second-order valence-electron chi connectivity index (χ2n) is 15.2. The van der Waals surface area contributed by atoms with Crippen molar-refractivity contribution >= 4 is 35.8 Å². The van der Waals surface area contributed by atoms with Crippen molar-refractivity contribution in [3.8, 4) is 0 Å². The lowest BCUT2D eigenvalue weighted by Crippen LogP contribution is -2.35. The summed E-state index contributed by atoms with van der Waals surface area (Å²) in [6.45, 7) is 26.3. The molecule has 0 aromatic rings. The molecule has 0 bridgehead atoms. The molecule has 15 nitrogen and oxygen atoms in total. The van der Waals surface area contributed by atoms with Crippen LogP contribution >= 0.6 is 0 Å². The van der Waals surface area contributed by atoms with E-state index in [0.29, 0.717) is 11.4 Å². The van der Waals surface area contributed by atoms with Gasteiger partial charge in [0.25, 0.3) is 23.6 Å². The Morgan fingerprint density at radius 1 is 0.485 bits per heavy atom. The number of methoxy groups -OCH3 is 2. The summed E-state index contributed by atoms with van der Waals surface area (Å²) >= 11 is 0. The molecule has 15 heteroatoms. The Morgan fingerprint density at radius 2 is 0.788 bits per heavy atom. The topological polar surface area (TPSA) is 172 Å². The van der Waals surface area contributed by atoms with Gasteiger partial charge < -0.3 is 19.9 Å². The molecule has 0 aromatic heterocycles. The van der Waals surface area contributed by atoms with Crippen LogP contribution in [-0.2, 0) is 33.4 Å². The lowest BCUT2D eigenvalue weighted by atomic mass is 10.2. The maximum Gasteiger partial charge on any atom is 0.423 e. The first-order valence-corrected chi connectivity index (χ1v) is 23.6. The van der Waals surface area contributed by atoms with Crippen LogP contribution in [-0.4, -0.2) is 153 Å². The Balaban J connectivity index is -0.000000343. The molecule has 0 saturated heterocycles. The van der Waals surface area contributed by atoms with Crippen molar-refractivity contribution in [2.24, 2.45) is 5.73 Å². The summed E-state index contributed by atoms with van der Waals surface area (Å²) in [5.41, 5.74) is 4.43. The van der Waals surface area contributed by atoms with Crippen LogP contribution in [0.3, 0.4) is 0 Å². The van der Waals surface area contributed by atoms with Gasteiger partial charge in [-0.15, -0.1) is 0 Å². The van der Waals surface area contributed by atoms with Crippen LogP contribution in [0.1, 0.15) is 140 Å². The first-order valence-electron chi connectivity index (χ1n) is 23.6. The van der Waals surface area contributed by atoms with Crippen molar-refractivity contribution < 1.29 is 43.0 Å². The van der Waals surface area contributed by atoms with Gasteiger partial charge in [0.2, 0.25) is 0 Å². The minimum absolute atomic E-state index is 0. The zero-order valence-corrected chi connectivity index (χ0v) is 40.9. The summed E-state index contributed by atoms with van der Waals surface area (Å²) in [4.78, 5) is 72.6. The lowest BCUT2D eigenvalue weighted by molar-refractivity contribution is -0.137. The number of nitrogens with two attached hydrogens (primary N) is 1. The largest absolute Gasteiger partial charge is 0.453 e. The summed E-state index contributed by atoms with van der Waals surface area (Å²) in [6.07, 6.45) is 33.0. The molecule has 0 spiro atoms. The highest BCUT2D eigenvalue weighted by atomic mass is 16.5. The van der Waals surface area contributed by atoms with Gasteiger partial charge in [-0.05, 0) is 58.7 Å². The minimum Gasteiger partial charge on any atom is -0.453 e. The van der Waals surface area contributed by atoms with E-state index in [1.165, 1.54) is 141 Å². The molecule has 5 aliphatic heterocycles. The third-order valence-corrected chi connectivity index (χ3v) is 9.72. The second kappa shape index (κ2) is 48.5. The summed E-state index contributed by atoms with van der Waals surface area (Å²) < 4.78 is 13.1. The van der Waals surface area contributed by atoms with Crippen molar-refractivity contribution in [3.63, 3.8) is 0 Å². The van der Waals surface area contributed by atoms with Gasteiger partial charge in [0.05, 0.1) is 14.2 Å². The van der Waals surface area contributed by atoms with Crippen molar-refractivity contribution in [1.82, 2.24) is 24.5 Å². The van der Waals surface area contributed by atoms with E-state index in [-0.39, 0.29) is 26.7 Å². The van der Waals surface area contributed by atoms with Gasteiger partial charge in [0, 0.05) is 83.3 Å². The fourth-order valence-corrected chi connectivity index (χ4v) is 6.00. The summed E-state index contributed by atoms with van der Waals surface area (Å²) in [6, 6.07) is 0. The zero-order valence-electron chi connectivity index (χ0n) is 40.9. The number of unbranched alkanes of at least 4 members (excludes halogenated alkanes) is 8. The monoisotopic (exact) mass is 935 g/mol. The second-order valence-corrected chi connectivity index (χ2v) is 15.2. The van der Waals surface area contributed by atoms with Gasteiger partial charge in [0.1, 0.15) is 0 Å². The fourth-order valence-electron chi connectivity index (χ4n) is 6.00. The average molecular weight is 935 g/mol. The number of rotatable bonds is 19. The highest BCUT2D eigenvalue weighted by Crippen LogP contribution is 2.07. The molecule has 5 aliphatic rings. The van der Waals surface area contributed by atoms with Gasteiger partial charge in [-0.1, -0.05) is 137 Å². The van der Waals surface area contributed by atoms with Crippen LogP contribution in [0.15, 0.2) is 60.8 Å². The quantitative estimate of drug-likeness (QED) is 0.0740. The van der Waals surface area contributed by atoms with Crippen molar-refractivity contribution in [1.29, 1.82) is 0 Å². The molecule has 382 valence electrons. The van der Waals surface area contributed by atoms with E-state index in [1.54, 1.807) is 0 Å². The number of amides is 6. The standard InChI is InChI=1S/C9H13NO2.3C9H17N.C6H5NO4.C5H12O.C2H5NO2.2CH4/c1-2-3-4-7-10-8(11)5-6-9(10)12;3*1-2-3-4-7-10-8-5-6-9-10;1-11-6(10)7-4(8)2-3-5(7)9;1-3-5-6-4-2;1-5-2(3)4;;/h5-6H,2-4,7H2,1H3;3*5-6H,2-4,7-9H2,1H3;2-3H,1H3;3-5H2,1-2H3;1H3,(H2,3,4);2*1H4. The number of ether oxygens (including phenoxy) is 3. The SMILES string of the molecule is C.C.CCCCCN1C(=O)C=CC1=O.CCCCCN1CC=CC1.CCCCCN1CC=CC1.CCCCCN1CC=CC1.CCCOCC.COC(=O)N1C(=O)C=CC1=O.COC(N)=O.